The first-order chi connectivity index (χ1) is 9.60. The zero-order valence-corrected chi connectivity index (χ0v) is 14.7. The lowest BCUT2D eigenvalue weighted by atomic mass is 9.91. The fraction of sp³-hybridized carbons (Fsp3) is 0.667. The van der Waals surface area contributed by atoms with Crippen molar-refractivity contribution in [2.24, 2.45) is 4.99 Å². The summed E-state index contributed by atoms with van der Waals surface area (Å²) in [5.41, 5.74) is 0.130. The summed E-state index contributed by atoms with van der Waals surface area (Å²) in [6.45, 7) is 6.40. The third kappa shape index (κ3) is 6.18. The van der Waals surface area contributed by atoms with Crippen molar-refractivity contribution in [1.82, 2.24) is 10.6 Å². The Morgan fingerprint density at radius 3 is 2.75 bits per heavy atom. The molecule has 1 rings (SSSR count). The first kappa shape index (κ1) is 17.4. The number of thiophene rings is 1. The van der Waals surface area contributed by atoms with Gasteiger partial charge >= 0.3 is 0 Å². The van der Waals surface area contributed by atoms with Crippen LogP contribution in [0.1, 0.15) is 31.6 Å². The van der Waals surface area contributed by atoms with Crippen LogP contribution in [0.2, 0.25) is 0 Å². The summed E-state index contributed by atoms with van der Waals surface area (Å²) in [5.74, 6) is 2.14. The standard InChI is InChI=1S/C15H27N3S2/c1-15(2,13-8-7-11-20-13)12-18-14(16-3)17-9-5-6-10-19-4/h7-8,11H,5-6,9-10,12H2,1-4H3,(H2,16,17,18). The molecule has 1 aromatic heterocycles. The van der Waals surface area contributed by atoms with Crippen LogP contribution in [-0.2, 0) is 5.41 Å². The average Bonchev–Trinajstić information content (AvgIpc) is 2.97. The highest BCUT2D eigenvalue weighted by molar-refractivity contribution is 7.98. The van der Waals surface area contributed by atoms with Crippen molar-refractivity contribution in [3.63, 3.8) is 0 Å². The maximum atomic E-state index is 4.28. The summed E-state index contributed by atoms with van der Waals surface area (Å²) < 4.78 is 0. The molecule has 0 unspecified atom stereocenters. The number of nitrogens with one attached hydrogen (secondary N) is 2. The SMILES string of the molecule is CN=C(NCCCCSC)NCC(C)(C)c1cccs1. The van der Waals surface area contributed by atoms with Gasteiger partial charge in [-0.25, -0.2) is 0 Å². The number of guanidine groups is 1. The van der Waals surface area contributed by atoms with Crippen molar-refractivity contribution in [1.29, 1.82) is 0 Å². The van der Waals surface area contributed by atoms with E-state index in [1.54, 1.807) is 0 Å². The Morgan fingerprint density at radius 2 is 2.15 bits per heavy atom. The normalized spacial score (nSPS) is 12.5. The molecule has 5 heteroatoms. The monoisotopic (exact) mass is 313 g/mol. The van der Waals surface area contributed by atoms with Gasteiger partial charge in [0.2, 0.25) is 0 Å². The topological polar surface area (TPSA) is 36.4 Å². The molecule has 0 aliphatic heterocycles. The number of thioether (sulfide) groups is 1. The summed E-state index contributed by atoms with van der Waals surface area (Å²) in [6, 6.07) is 4.31. The highest BCUT2D eigenvalue weighted by atomic mass is 32.2. The second-order valence-corrected chi connectivity index (χ2v) is 7.35. The van der Waals surface area contributed by atoms with Gasteiger partial charge in [0.1, 0.15) is 0 Å². The predicted molar refractivity (Wildman–Crippen MR) is 94.3 cm³/mol. The fourth-order valence-electron chi connectivity index (χ4n) is 1.85. The maximum Gasteiger partial charge on any atom is 0.191 e. The molecule has 0 aliphatic carbocycles. The maximum absolute atomic E-state index is 4.28. The summed E-state index contributed by atoms with van der Waals surface area (Å²) in [6.07, 6.45) is 4.60. The molecular weight excluding hydrogens is 286 g/mol. The Balaban J connectivity index is 2.31. The van der Waals surface area contributed by atoms with Crippen molar-refractivity contribution in [3.05, 3.63) is 22.4 Å². The van der Waals surface area contributed by atoms with Crippen LogP contribution in [0.3, 0.4) is 0 Å². The van der Waals surface area contributed by atoms with Gasteiger partial charge in [-0.1, -0.05) is 19.9 Å². The number of hydrogen-bond acceptors (Lipinski definition) is 3. The van der Waals surface area contributed by atoms with E-state index in [1.807, 2.05) is 30.1 Å². The minimum atomic E-state index is 0.130. The fourth-order valence-corrected chi connectivity index (χ4v) is 3.20. The van der Waals surface area contributed by atoms with E-state index in [9.17, 15) is 0 Å². The van der Waals surface area contributed by atoms with Gasteiger partial charge in [-0.15, -0.1) is 11.3 Å². The number of nitrogens with zero attached hydrogens (tertiary/aromatic N) is 1. The van der Waals surface area contributed by atoms with Crippen molar-refractivity contribution in [3.8, 4) is 0 Å². The van der Waals surface area contributed by atoms with Gasteiger partial charge in [0.15, 0.2) is 5.96 Å². The van der Waals surface area contributed by atoms with Gasteiger partial charge in [-0.3, -0.25) is 4.99 Å². The van der Waals surface area contributed by atoms with E-state index < -0.39 is 0 Å². The lowest BCUT2D eigenvalue weighted by molar-refractivity contribution is 0.518. The second-order valence-electron chi connectivity index (χ2n) is 5.41. The first-order valence-corrected chi connectivity index (χ1v) is 9.35. The molecule has 20 heavy (non-hydrogen) atoms. The van der Waals surface area contributed by atoms with Crippen molar-refractivity contribution >= 4 is 29.1 Å². The Morgan fingerprint density at radius 1 is 1.35 bits per heavy atom. The highest BCUT2D eigenvalue weighted by Gasteiger charge is 2.21. The molecule has 114 valence electrons. The summed E-state index contributed by atoms with van der Waals surface area (Å²) in [4.78, 5) is 5.69. The van der Waals surface area contributed by atoms with Gasteiger partial charge in [0, 0.05) is 30.4 Å². The summed E-state index contributed by atoms with van der Waals surface area (Å²) >= 11 is 3.72. The number of rotatable bonds is 8. The van der Waals surface area contributed by atoms with E-state index in [4.69, 9.17) is 0 Å². The number of hydrogen-bond donors (Lipinski definition) is 2. The van der Waals surface area contributed by atoms with Gasteiger partial charge in [0.25, 0.3) is 0 Å². The summed E-state index contributed by atoms with van der Waals surface area (Å²) in [5, 5.41) is 8.94. The van der Waals surface area contributed by atoms with Crippen LogP contribution in [0.15, 0.2) is 22.5 Å². The van der Waals surface area contributed by atoms with Crippen LogP contribution in [0.25, 0.3) is 0 Å². The first-order valence-electron chi connectivity index (χ1n) is 7.07. The zero-order chi connectivity index (χ0) is 14.8. The second kappa shape index (κ2) is 9.29. The zero-order valence-electron chi connectivity index (χ0n) is 13.0. The lowest BCUT2D eigenvalue weighted by Gasteiger charge is -2.25. The van der Waals surface area contributed by atoms with Crippen LogP contribution < -0.4 is 10.6 Å². The highest BCUT2D eigenvalue weighted by Crippen LogP contribution is 2.26. The average molecular weight is 314 g/mol. The third-order valence-corrected chi connectivity index (χ3v) is 5.11. The molecule has 0 atom stereocenters. The lowest BCUT2D eigenvalue weighted by Crippen LogP contribution is -2.43. The molecule has 3 nitrogen and oxygen atoms in total. The van der Waals surface area contributed by atoms with E-state index in [0.29, 0.717) is 0 Å². The molecule has 0 saturated carbocycles. The molecule has 0 aromatic carbocycles. The molecule has 0 fully saturated rings. The molecule has 1 aromatic rings. The molecule has 0 saturated heterocycles. The van der Waals surface area contributed by atoms with Crippen molar-refractivity contribution < 1.29 is 0 Å². The van der Waals surface area contributed by atoms with Gasteiger partial charge in [-0.05, 0) is 36.3 Å². The van der Waals surface area contributed by atoms with Crippen LogP contribution in [0.5, 0.6) is 0 Å². The van der Waals surface area contributed by atoms with E-state index >= 15 is 0 Å². The Kier molecular flexibility index (Phi) is 8.07. The quantitative estimate of drug-likeness (QED) is 0.439. The van der Waals surface area contributed by atoms with E-state index in [2.05, 4.69) is 53.2 Å². The van der Waals surface area contributed by atoms with Gasteiger partial charge < -0.3 is 10.6 Å². The van der Waals surface area contributed by atoms with E-state index in [0.717, 1.165) is 19.0 Å². The number of aliphatic imine (C=N–C) groups is 1. The van der Waals surface area contributed by atoms with Crippen LogP contribution >= 0.6 is 23.1 Å². The van der Waals surface area contributed by atoms with Crippen molar-refractivity contribution in [2.75, 3.05) is 32.1 Å². The molecular formula is C15H27N3S2. The van der Waals surface area contributed by atoms with Gasteiger partial charge in [-0.2, -0.15) is 11.8 Å². The molecule has 0 aliphatic rings. The summed E-state index contributed by atoms with van der Waals surface area (Å²) in [7, 11) is 1.83. The smallest absolute Gasteiger partial charge is 0.191 e. The third-order valence-electron chi connectivity index (χ3n) is 3.18. The Labute approximate surface area is 131 Å². The Bertz CT molecular complexity index is 386. The van der Waals surface area contributed by atoms with Crippen LogP contribution in [-0.4, -0.2) is 38.1 Å². The van der Waals surface area contributed by atoms with Gasteiger partial charge in [0.05, 0.1) is 0 Å². The van der Waals surface area contributed by atoms with Crippen molar-refractivity contribution in [2.45, 2.75) is 32.1 Å². The van der Waals surface area contributed by atoms with E-state index in [-0.39, 0.29) is 5.41 Å². The molecule has 1 heterocycles. The molecule has 2 N–H and O–H groups in total. The largest absolute Gasteiger partial charge is 0.356 e. The van der Waals surface area contributed by atoms with E-state index in [1.165, 1.54) is 23.5 Å². The number of unbranched alkanes of at least 4 members (excludes halogenated alkanes) is 1. The minimum absolute atomic E-state index is 0.130. The minimum Gasteiger partial charge on any atom is -0.356 e. The van der Waals surface area contributed by atoms with Crippen LogP contribution in [0, 0.1) is 0 Å². The van der Waals surface area contributed by atoms with Crippen LogP contribution in [0.4, 0.5) is 0 Å². The molecule has 0 spiro atoms. The Hall–Kier alpha value is -0.680. The predicted octanol–water partition coefficient (Wildman–Crippen LogP) is 3.33. The molecule has 0 bridgehead atoms. The molecule has 0 amide bonds. The molecule has 0 radical (unpaired) electrons.